The van der Waals surface area contributed by atoms with Crippen molar-refractivity contribution in [2.75, 3.05) is 13.7 Å². The van der Waals surface area contributed by atoms with E-state index in [1.54, 1.807) is 7.11 Å². The molecule has 1 aliphatic heterocycles. The smallest absolute Gasteiger partial charge is 0.227 e. The van der Waals surface area contributed by atoms with Gasteiger partial charge in [0.1, 0.15) is 17.2 Å². The Labute approximate surface area is 142 Å². The summed E-state index contributed by atoms with van der Waals surface area (Å²) in [5.41, 5.74) is 1.89. The highest BCUT2D eigenvalue weighted by molar-refractivity contribution is 5.79. The van der Waals surface area contributed by atoms with Crippen molar-refractivity contribution in [3.05, 3.63) is 47.3 Å². The van der Waals surface area contributed by atoms with Gasteiger partial charge in [-0.1, -0.05) is 24.2 Å². The van der Waals surface area contributed by atoms with E-state index in [4.69, 9.17) is 9.26 Å². The number of methoxy groups -OCH3 is 1. The molecule has 1 fully saturated rings. The van der Waals surface area contributed by atoms with Gasteiger partial charge in [0.15, 0.2) is 0 Å². The Morgan fingerprint density at radius 1 is 1.38 bits per heavy atom. The zero-order chi connectivity index (χ0) is 16.9. The van der Waals surface area contributed by atoms with Gasteiger partial charge >= 0.3 is 0 Å². The molecule has 0 radical (unpaired) electrons. The first kappa shape index (κ1) is 16.6. The van der Waals surface area contributed by atoms with E-state index in [1.807, 2.05) is 35.2 Å². The quantitative estimate of drug-likeness (QED) is 0.814. The molecule has 1 aliphatic rings. The SMILES string of the molecule is CCCc1cc([C@@H]2CCCN2C(=O)Cc2ccc(OC)cc2)no1. The van der Waals surface area contributed by atoms with Gasteiger partial charge in [-0.3, -0.25) is 4.79 Å². The van der Waals surface area contributed by atoms with Crippen molar-refractivity contribution in [3.63, 3.8) is 0 Å². The van der Waals surface area contributed by atoms with Crippen molar-refractivity contribution in [2.45, 2.75) is 45.1 Å². The molecule has 0 spiro atoms. The van der Waals surface area contributed by atoms with Crippen LogP contribution in [0.4, 0.5) is 0 Å². The molecule has 0 aliphatic carbocycles. The molecule has 0 bridgehead atoms. The van der Waals surface area contributed by atoms with Crippen molar-refractivity contribution >= 4 is 5.91 Å². The van der Waals surface area contributed by atoms with E-state index >= 15 is 0 Å². The molecule has 2 aromatic rings. The maximum Gasteiger partial charge on any atom is 0.227 e. The van der Waals surface area contributed by atoms with Crippen LogP contribution in [0.3, 0.4) is 0 Å². The van der Waals surface area contributed by atoms with E-state index in [9.17, 15) is 4.79 Å². The number of carbonyl (C=O) groups excluding carboxylic acids is 1. The van der Waals surface area contributed by atoms with Crippen LogP contribution in [0.25, 0.3) is 0 Å². The first-order valence-corrected chi connectivity index (χ1v) is 8.59. The van der Waals surface area contributed by atoms with Gasteiger partial charge in [0, 0.05) is 19.0 Å². The second-order valence-electron chi connectivity index (χ2n) is 6.24. The fourth-order valence-corrected chi connectivity index (χ4v) is 3.24. The zero-order valence-corrected chi connectivity index (χ0v) is 14.3. The molecule has 1 aromatic heterocycles. The van der Waals surface area contributed by atoms with E-state index in [0.717, 1.165) is 55.0 Å². The monoisotopic (exact) mass is 328 g/mol. The summed E-state index contributed by atoms with van der Waals surface area (Å²) in [6, 6.07) is 9.71. The Kier molecular flexibility index (Phi) is 5.18. The number of amides is 1. The van der Waals surface area contributed by atoms with Crippen LogP contribution in [0.1, 0.15) is 49.2 Å². The van der Waals surface area contributed by atoms with Gasteiger partial charge in [0.2, 0.25) is 5.91 Å². The summed E-state index contributed by atoms with van der Waals surface area (Å²) >= 11 is 0. The standard InChI is InChI=1S/C19H24N2O3/c1-3-5-16-13-17(20-24-16)18-6-4-11-21(18)19(22)12-14-7-9-15(23-2)10-8-14/h7-10,13,18H,3-6,11-12H2,1-2H3/t18-/m0/s1. The molecule has 1 amide bonds. The van der Waals surface area contributed by atoms with Crippen LogP contribution >= 0.6 is 0 Å². The topological polar surface area (TPSA) is 55.6 Å². The van der Waals surface area contributed by atoms with Crippen molar-refractivity contribution in [1.82, 2.24) is 10.1 Å². The molecular weight excluding hydrogens is 304 g/mol. The molecule has 1 saturated heterocycles. The number of aromatic nitrogens is 1. The average Bonchev–Trinajstić information content (AvgIpc) is 3.24. The lowest BCUT2D eigenvalue weighted by Gasteiger charge is -2.23. The number of aryl methyl sites for hydroxylation is 1. The number of hydrogen-bond acceptors (Lipinski definition) is 4. The van der Waals surface area contributed by atoms with Gasteiger partial charge in [-0.05, 0) is 37.0 Å². The minimum Gasteiger partial charge on any atom is -0.497 e. The molecule has 1 atom stereocenters. The minimum absolute atomic E-state index is 0.0464. The third-order valence-electron chi connectivity index (χ3n) is 4.50. The number of rotatable bonds is 6. The second kappa shape index (κ2) is 7.51. The Bertz CT molecular complexity index is 678. The van der Waals surface area contributed by atoms with Gasteiger partial charge in [0.05, 0.1) is 19.6 Å². The number of carbonyl (C=O) groups is 1. The Morgan fingerprint density at radius 2 is 2.17 bits per heavy atom. The maximum atomic E-state index is 12.7. The van der Waals surface area contributed by atoms with E-state index in [2.05, 4.69) is 12.1 Å². The van der Waals surface area contributed by atoms with Crippen LogP contribution < -0.4 is 4.74 Å². The van der Waals surface area contributed by atoms with Crippen molar-refractivity contribution in [3.8, 4) is 5.75 Å². The van der Waals surface area contributed by atoms with Gasteiger partial charge in [-0.25, -0.2) is 0 Å². The summed E-state index contributed by atoms with van der Waals surface area (Å²) in [7, 11) is 1.64. The van der Waals surface area contributed by atoms with E-state index in [-0.39, 0.29) is 11.9 Å². The molecule has 0 saturated carbocycles. The number of ether oxygens (including phenoxy) is 1. The van der Waals surface area contributed by atoms with Crippen LogP contribution in [-0.2, 0) is 17.6 Å². The van der Waals surface area contributed by atoms with Crippen LogP contribution in [0, 0.1) is 0 Å². The molecule has 5 heteroatoms. The predicted molar refractivity (Wildman–Crippen MR) is 90.9 cm³/mol. The highest BCUT2D eigenvalue weighted by Crippen LogP contribution is 2.32. The largest absolute Gasteiger partial charge is 0.497 e. The minimum atomic E-state index is 0.0464. The van der Waals surface area contributed by atoms with Crippen LogP contribution in [0.2, 0.25) is 0 Å². The highest BCUT2D eigenvalue weighted by Gasteiger charge is 2.32. The van der Waals surface area contributed by atoms with Crippen LogP contribution in [-0.4, -0.2) is 29.6 Å². The normalized spacial score (nSPS) is 17.2. The average molecular weight is 328 g/mol. The van der Waals surface area contributed by atoms with Crippen molar-refractivity contribution in [2.24, 2.45) is 0 Å². The van der Waals surface area contributed by atoms with Gasteiger partial charge in [-0.2, -0.15) is 0 Å². The van der Waals surface area contributed by atoms with Crippen LogP contribution in [0.15, 0.2) is 34.9 Å². The lowest BCUT2D eigenvalue weighted by molar-refractivity contribution is -0.131. The Hall–Kier alpha value is -2.30. The fourth-order valence-electron chi connectivity index (χ4n) is 3.24. The maximum absolute atomic E-state index is 12.7. The fraction of sp³-hybridized carbons (Fsp3) is 0.474. The van der Waals surface area contributed by atoms with Crippen LogP contribution in [0.5, 0.6) is 5.75 Å². The third-order valence-corrected chi connectivity index (χ3v) is 4.50. The summed E-state index contributed by atoms with van der Waals surface area (Å²) in [4.78, 5) is 14.7. The molecule has 5 nitrogen and oxygen atoms in total. The molecule has 24 heavy (non-hydrogen) atoms. The molecule has 2 heterocycles. The summed E-state index contributed by atoms with van der Waals surface area (Å²) in [5.74, 6) is 1.85. The molecule has 3 rings (SSSR count). The summed E-state index contributed by atoms with van der Waals surface area (Å²) in [6.07, 6.45) is 4.28. The van der Waals surface area contributed by atoms with E-state index in [0.29, 0.717) is 6.42 Å². The molecule has 0 N–H and O–H groups in total. The second-order valence-corrected chi connectivity index (χ2v) is 6.24. The molecule has 0 unspecified atom stereocenters. The first-order chi connectivity index (χ1) is 11.7. The van der Waals surface area contributed by atoms with E-state index in [1.165, 1.54) is 0 Å². The number of nitrogens with zero attached hydrogens (tertiary/aromatic N) is 2. The lowest BCUT2D eigenvalue weighted by Crippen LogP contribution is -2.32. The Balaban J connectivity index is 1.68. The highest BCUT2D eigenvalue weighted by atomic mass is 16.5. The lowest BCUT2D eigenvalue weighted by atomic mass is 10.1. The zero-order valence-electron chi connectivity index (χ0n) is 14.3. The number of benzene rings is 1. The number of likely N-dealkylation sites (tertiary alicyclic amines) is 1. The van der Waals surface area contributed by atoms with Gasteiger partial charge in [-0.15, -0.1) is 0 Å². The van der Waals surface area contributed by atoms with Crippen molar-refractivity contribution < 1.29 is 14.1 Å². The van der Waals surface area contributed by atoms with Gasteiger partial charge < -0.3 is 14.2 Å². The molecule has 1 aromatic carbocycles. The summed E-state index contributed by atoms with van der Waals surface area (Å²) in [5, 5.41) is 4.19. The summed E-state index contributed by atoms with van der Waals surface area (Å²) in [6.45, 7) is 2.90. The Morgan fingerprint density at radius 3 is 2.88 bits per heavy atom. The van der Waals surface area contributed by atoms with Gasteiger partial charge in [0.25, 0.3) is 0 Å². The molecule has 128 valence electrons. The summed E-state index contributed by atoms with van der Waals surface area (Å²) < 4.78 is 10.5. The molecular formula is C19H24N2O3. The first-order valence-electron chi connectivity index (χ1n) is 8.59. The third kappa shape index (κ3) is 3.61. The predicted octanol–water partition coefficient (Wildman–Crippen LogP) is 3.54. The number of hydrogen-bond donors (Lipinski definition) is 0. The van der Waals surface area contributed by atoms with Crippen molar-refractivity contribution in [1.29, 1.82) is 0 Å². The van der Waals surface area contributed by atoms with E-state index < -0.39 is 0 Å².